The van der Waals surface area contributed by atoms with Gasteiger partial charge in [-0.15, -0.1) is 0 Å². The van der Waals surface area contributed by atoms with E-state index in [2.05, 4.69) is 6.92 Å². The predicted molar refractivity (Wildman–Crippen MR) is 112 cm³/mol. The molecule has 2 heteroatoms. The van der Waals surface area contributed by atoms with Gasteiger partial charge >= 0.3 is 5.97 Å². The van der Waals surface area contributed by atoms with E-state index >= 15 is 0 Å². The third kappa shape index (κ3) is 14.6. The lowest BCUT2D eigenvalue weighted by molar-refractivity contribution is -0.145. The molecule has 0 aromatic carbocycles. The van der Waals surface area contributed by atoms with E-state index in [1.54, 1.807) is 0 Å². The van der Waals surface area contributed by atoms with Gasteiger partial charge in [-0.25, -0.2) is 0 Å². The van der Waals surface area contributed by atoms with E-state index in [1.165, 1.54) is 116 Å². The minimum Gasteiger partial charge on any atom is -0.466 e. The number of carbonyl (C=O) groups excluding carboxylic acids is 1. The smallest absolute Gasteiger partial charge is 0.306 e. The van der Waals surface area contributed by atoms with E-state index in [9.17, 15) is 4.79 Å². The average molecular weight is 367 g/mol. The quantitative estimate of drug-likeness (QED) is 0.193. The van der Waals surface area contributed by atoms with Crippen LogP contribution in [-0.2, 0) is 9.53 Å². The molecule has 0 amide bonds. The molecule has 0 bridgehead atoms. The number of esters is 1. The monoisotopic (exact) mass is 366 g/mol. The molecule has 1 aliphatic carbocycles. The molecule has 0 saturated heterocycles. The van der Waals surface area contributed by atoms with Gasteiger partial charge in [-0.05, 0) is 25.2 Å². The third-order valence-corrected chi connectivity index (χ3v) is 5.94. The number of ether oxygens (including phenoxy) is 1. The van der Waals surface area contributed by atoms with Gasteiger partial charge in [-0.2, -0.15) is 0 Å². The first-order valence-electron chi connectivity index (χ1n) is 12.0. The number of rotatable bonds is 17. The Labute approximate surface area is 163 Å². The minimum atomic E-state index is 0.0478. The number of hydrogen-bond acceptors (Lipinski definition) is 2. The summed E-state index contributed by atoms with van der Waals surface area (Å²) in [7, 11) is 0. The fourth-order valence-electron chi connectivity index (χ4n) is 4.17. The molecule has 0 radical (unpaired) electrons. The summed E-state index contributed by atoms with van der Waals surface area (Å²) in [5, 5.41) is 0. The molecular weight excluding hydrogens is 320 g/mol. The van der Waals surface area contributed by atoms with Crippen molar-refractivity contribution in [3.05, 3.63) is 0 Å². The Hall–Kier alpha value is -0.530. The molecule has 1 fully saturated rings. The summed E-state index contributed by atoms with van der Waals surface area (Å²) in [4.78, 5) is 11.8. The standard InChI is InChI=1S/C24H46O2/c1-2-3-4-5-6-7-8-9-10-11-12-13-14-18-21-26-24(25)22-23-19-16-15-17-20-23/h23H,2-22H2,1H3. The first-order valence-corrected chi connectivity index (χ1v) is 12.0. The van der Waals surface area contributed by atoms with Gasteiger partial charge in [0.05, 0.1) is 6.61 Å². The van der Waals surface area contributed by atoms with E-state index in [-0.39, 0.29) is 5.97 Å². The van der Waals surface area contributed by atoms with E-state index < -0.39 is 0 Å². The SMILES string of the molecule is CCCCCCCCCCCCCCCCOC(=O)CC1CCCCC1. The van der Waals surface area contributed by atoms with Crippen LogP contribution in [0.25, 0.3) is 0 Å². The Kier molecular flexibility index (Phi) is 16.2. The van der Waals surface area contributed by atoms with Crippen molar-refractivity contribution in [3.8, 4) is 0 Å². The summed E-state index contributed by atoms with van der Waals surface area (Å²) in [6.07, 6.45) is 26.2. The molecule has 0 spiro atoms. The van der Waals surface area contributed by atoms with Crippen molar-refractivity contribution in [1.29, 1.82) is 0 Å². The van der Waals surface area contributed by atoms with Crippen LogP contribution in [0.1, 0.15) is 135 Å². The Balaban J connectivity index is 1.73. The van der Waals surface area contributed by atoms with Crippen LogP contribution in [0.3, 0.4) is 0 Å². The maximum Gasteiger partial charge on any atom is 0.306 e. The highest BCUT2D eigenvalue weighted by molar-refractivity contribution is 5.69. The van der Waals surface area contributed by atoms with Crippen LogP contribution in [0.4, 0.5) is 0 Å². The van der Waals surface area contributed by atoms with Gasteiger partial charge in [0.1, 0.15) is 0 Å². The van der Waals surface area contributed by atoms with Crippen LogP contribution in [0.15, 0.2) is 0 Å². The molecule has 154 valence electrons. The second kappa shape index (κ2) is 17.9. The minimum absolute atomic E-state index is 0.0478. The van der Waals surface area contributed by atoms with Gasteiger partial charge in [0.2, 0.25) is 0 Å². The predicted octanol–water partition coefficient (Wildman–Crippen LogP) is 7.98. The molecule has 0 heterocycles. The maximum absolute atomic E-state index is 11.8. The van der Waals surface area contributed by atoms with E-state index in [1.807, 2.05) is 0 Å². The summed E-state index contributed by atoms with van der Waals surface area (Å²) >= 11 is 0. The van der Waals surface area contributed by atoms with Crippen molar-refractivity contribution >= 4 is 5.97 Å². The molecule has 0 atom stereocenters. The lowest BCUT2D eigenvalue weighted by Gasteiger charge is -2.20. The molecule has 0 unspecified atom stereocenters. The number of carbonyl (C=O) groups is 1. The molecule has 0 aliphatic heterocycles. The second-order valence-electron chi connectivity index (χ2n) is 8.52. The fraction of sp³-hybridized carbons (Fsp3) is 0.958. The summed E-state index contributed by atoms with van der Waals surface area (Å²) in [6, 6.07) is 0. The van der Waals surface area contributed by atoms with Crippen LogP contribution >= 0.6 is 0 Å². The Morgan fingerprint density at radius 2 is 1.15 bits per heavy atom. The summed E-state index contributed by atoms with van der Waals surface area (Å²) < 4.78 is 5.41. The van der Waals surface area contributed by atoms with E-state index in [4.69, 9.17) is 4.74 Å². The molecular formula is C24H46O2. The molecule has 0 aromatic heterocycles. The van der Waals surface area contributed by atoms with Crippen LogP contribution in [0, 0.1) is 5.92 Å². The zero-order chi connectivity index (χ0) is 18.7. The molecule has 0 N–H and O–H groups in total. The van der Waals surface area contributed by atoms with Crippen molar-refractivity contribution in [3.63, 3.8) is 0 Å². The highest BCUT2D eigenvalue weighted by atomic mass is 16.5. The normalized spacial score (nSPS) is 15.3. The first kappa shape index (κ1) is 23.5. The topological polar surface area (TPSA) is 26.3 Å². The van der Waals surface area contributed by atoms with Crippen molar-refractivity contribution < 1.29 is 9.53 Å². The van der Waals surface area contributed by atoms with Crippen LogP contribution < -0.4 is 0 Å². The molecule has 26 heavy (non-hydrogen) atoms. The molecule has 1 saturated carbocycles. The van der Waals surface area contributed by atoms with Crippen LogP contribution in [0.2, 0.25) is 0 Å². The summed E-state index contributed by atoms with van der Waals surface area (Å²) in [5.41, 5.74) is 0. The molecule has 0 aromatic rings. The van der Waals surface area contributed by atoms with Crippen molar-refractivity contribution in [2.75, 3.05) is 6.61 Å². The van der Waals surface area contributed by atoms with Gasteiger partial charge in [0.15, 0.2) is 0 Å². The Morgan fingerprint density at radius 3 is 1.65 bits per heavy atom. The van der Waals surface area contributed by atoms with Gasteiger partial charge in [-0.3, -0.25) is 4.79 Å². The van der Waals surface area contributed by atoms with Gasteiger partial charge < -0.3 is 4.74 Å². The maximum atomic E-state index is 11.8. The van der Waals surface area contributed by atoms with Crippen molar-refractivity contribution in [2.24, 2.45) is 5.92 Å². The van der Waals surface area contributed by atoms with E-state index in [0.29, 0.717) is 18.9 Å². The van der Waals surface area contributed by atoms with Crippen molar-refractivity contribution in [2.45, 2.75) is 135 Å². The lowest BCUT2D eigenvalue weighted by Crippen LogP contribution is -2.14. The van der Waals surface area contributed by atoms with Gasteiger partial charge in [-0.1, -0.05) is 110 Å². The summed E-state index contributed by atoms with van der Waals surface area (Å²) in [5.74, 6) is 0.652. The fourth-order valence-corrected chi connectivity index (χ4v) is 4.17. The molecule has 1 rings (SSSR count). The first-order chi connectivity index (χ1) is 12.8. The highest BCUT2D eigenvalue weighted by Gasteiger charge is 2.17. The number of hydrogen-bond donors (Lipinski definition) is 0. The van der Waals surface area contributed by atoms with Crippen molar-refractivity contribution in [1.82, 2.24) is 0 Å². The third-order valence-electron chi connectivity index (χ3n) is 5.94. The highest BCUT2D eigenvalue weighted by Crippen LogP contribution is 2.26. The van der Waals surface area contributed by atoms with E-state index in [0.717, 1.165) is 6.42 Å². The average Bonchev–Trinajstić information content (AvgIpc) is 2.65. The van der Waals surface area contributed by atoms with Gasteiger partial charge in [0.25, 0.3) is 0 Å². The Morgan fingerprint density at radius 1 is 0.692 bits per heavy atom. The van der Waals surface area contributed by atoms with Crippen LogP contribution in [0.5, 0.6) is 0 Å². The van der Waals surface area contributed by atoms with Crippen LogP contribution in [-0.4, -0.2) is 12.6 Å². The zero-order valence-corrected chi connectivity index (χ0v) is 17.7. The number of unbranched alkanes of at least 4 members (excludes halogenated alkanes) is 13. The Bertz CT molecular complexity index is 307. The summed E-state index contributed by atoms with van der Waals surface area (Å²) in [6.45, 7) is 2.92. The molecule has 1 aliphatic rings. The van der Waals surface area contributed by atoms with Gasteiger partial charge in [0, 0.05) is 6.42 Å². The zero-order valence-electron chi connectivity index (χ0n) is 17.7. The second-order valence-corrected chi connectivity index (χ2v) is 8.52. The lowest BCUT2D eigenvalue weighted by atomic mass is 9.87. The molecule has 2 nitrogen and oxygen atoms in total. The largest absolute Gasteiger partial charge is 0.466 e.